The van der Waals surface area contributed by atoms with E-state index in [0.717, 1.165) is 0 Å². The van der Waals surface area contributed by atoms with Crippen molar-refractivity contribution in [3.63, 3.8) is 0 Å². The molecule has 0 unspecified atom stereocenters. The van der Waals surface area contributed by atoms with Gasteiger partial charge >= 0.3 is 0 Å². The maximum atomic E-state index is 12.7. The van der Waals surface area contributed by atoms with E-state index in [9.17, 15) is 13.2 Å². The summed E-state index contributed by atoms with van der Waals surface area (Å²) in [6, 6.07) is 9.00. The number of carbonyl (C=O) groups excluding carboxylic acids is 1. The molecule has 0 fully saturated rings. The lowest BCUT2D eigenvalue weighted by molar-refractivity contribution is 0.102. The lowest BCUT2D eigenvalue weighted by Gasteiger charge is -2.11. The van der Waals surface area contributed by atoms with E-state index in [1.165, 1.54) is 38.5 Å². The lowest BCUT2D eigenvalue weighted by atomic mass is 10.2. The molecule has 0 atom stereocenters. The van der Waals surface area contributed by atoms with Crippen LogP contribution in [-0.4, -0.2) is 38.7 Å². The third-order valence-corrected chi connectivity index (χ3v) is 6.80. The summed E-state index contributed by atoms with van der Waals surface area (Å²) in [6.07, 6.45) is 0. The number of aromatic nitrogens is 2. The predicted octanol–water partition coefficient (Wildman–Crippen LogP) is 3.92. The number of nitrogens with one attached hydrogen (secondary N) is 2. The van der Waals surface area contributed by atoms with E-state index in [-0.39, 0.29) is 31.5 Å². The van der Waals surface area contributed by atoms with Crippen molar-refractivity contribution < 1.29 is 22.7 Å². The van der Waals surface area contributed by atoms with Gasteiger partial charge in [-0.25, -0.2) is 0 Å². The summed E-state index contributed by atoms with van der Waals surface area (Å²) in [5.41, 5.74) is 0.311. The summed E-state index contributed by atoms with van der Waals surface area (Å²) in [4.78, 5) is 12.4. The van der Waals surface area contributed by atoms with Crippen LogP contribution < -0.4 is 19.5 Å². The Morgan fingerprint density at radius 2 is 1.83 bits per heavy atom. The molecule has 0 saturated carbocycles. The van der Waals surface area contributed by atoms with Crippen LogP contribution in [0.3, 0.4) is 0 Å². The highest BCUT2D eigenvalue weighted by molar-refractivity contribution is 7.94. The summed E-state index contributed by atoms with van der Waals surface area (Å²) in [5.74, 6) is 0.132. The monoisotopic (exact) mass is 488 g/mol. The second-order valence-corrected chi connectivity index (χ2v) is 9.30. The summed E-state index contributed by atoms with van der Waals surface area (Å²) in [7, 11) is -1.25. The molecule has 0 aliphatic rings. The Labute approximate surface area is 186 Å². The first-order valence-corrected chi connectivity index (χ1v) is 11.1. The van der Waals surface area contributed by atoms with E-state index in [0.29, 0.717) is 22.1 Å². The maximum Gasteiger partial charge on any atom is 0.291 e. The molecule has 2 aromatic carbocycles. The molecule has 158 valence electrons. The first-order valence-electron chi connectivity index (χ1n) is 8.08. The van der Waals surface area contributed by atoms with E-state index in [1.54, 1.807) is 12.1 Å². The number of rotatable bonds is 7. The van der Waals surface area contributed by atoms with Crippen LogP contribution in [-0.2, 0) is 10.0 Å². The van der Waals surface area contributed by atoms with Gasteiger partial charge < -0.3 is 9.47 Å². The van der Waals surface area contributed by atoms with E-state index in [1.807, 2.05) is 0 Å². The minimum atomic E-state index is -4.10. The average Bonchev–Trinajstić information content (AvgIpc) is 3.17. The van der Waals surface area contributed by atoms with Crippen LogP contribution in [0.5, 0.6) is 11.5 Å². The van der Waals surface area contributed by atoms with Gasteiger partial charge in [0.2, 0.25) is 5.13 Å². The number of methoxy groups -OCH3 is 2. The maximum absolute atomic E-state index is 12.7. The van der Waals surface area contributed by atoms with Crippen molar-refractivity contribution in [1.82, 2.24) is 10.2 Å². The molecule has 1 amide bonds. The third-order valence-electron chi connectivity index (χ3n) is 3.68. The molecule has 3 aromatic rings. The molecular formula is C17H14Cl2N4O5S2. The number of halogens is 2. The third kappa shape index (κ3) is 4.93. The van der Waals surface area contributed by atoms with Crippen LogP contribution in [0.2, 0.25) is 10.0 Å². The van der Waals surface area contributed by atoms with Crippen LogP contribution in [0, 0.1) is 0 Å². The van der Waals surface area contributed by atoms with Gasteiger partial charge in [0.1, 0.15) is 11.5 Å². The molecule has 0 spiro atoms. The van der Waals surface area contributed by atoms with Crippen molar-refractivity contribution in [1.29, 1.82) is 0 Å². The fourth-order valence-electron chi connectivity index (χ4n) is 2.29. The minimum absolute atomic E-state index is 0.0241. The van der Waals surface area contributed by atoms with Crippen LogP contribution in [0.15, 0.2) is 40.7 Å². The number of amides is 1. The first-order chi connectivity index (χ1) is 14.2. The molecule has 3 rings (SSSR count). The molecule has 13 heteroatoms. The van der Waals surface area contributed by atoms with E-state index in [2.05, 4.69) is 20.2 Å². The zero-order valence-electron chi connectivity index (χ0n) is 15.5. The van der Waals surface area contributed by atoms with Crippen LogP contribution >= 0.6 is 34.5 Å². The van der Waals surface area contributed by atoms with Gasteiger partial charge in [0.25, 0.3) is 20.3 Å². The number of hydrogen-bond donors (Lipinski definition) is 2. The van der Waals surface area contributed by atoms with E-state index in [4.69, 9.17) is 32.7 Å². The second-order valence-electron chi connectivity index (χ2n) is 5.62. The highest BCUT2D eigenvalue weighted by Crippen LogP contribution is 2.32. The van der Waals surface area contributed by atoms with Crippen LogP contribution in [0.4, 0.5) is 10.8 Å². The second kappa shape index (κ2) is 9.04. The van der Waals surface area contributed by atoms with Gasteiger partial charge in [-0.1, -0.05) is 34.5 Å². The highest BCUT2D eigenvalue weighted by atomic mass is 35.5. The topological polar surface area (TPSA) is 120 Å². The fraction of sp³-hybridized carbons (Fsp3) is 0.118. The molecule has 0 radical (unpaired) electrons. The normalized spacial score (nSPS) is 11.1. The van der Waals surface area contributed by atoms with E-state index < -0.39 is 15.9 Å². The lowest BCUT2D eigenvalue weighted by Crippen LogP contribution is -2.13. The molecule has 1 aromatic heterocycles. The molecule has 0 bridgehead atoms. The number of hydrogen-bond acceptors (Lipinski definition) is 8. The zero-order valence-corrected chi connectivity index (χ0v) is 18.6. The molecule has 9 nitrogen and oxygen atoms in total. The Bertz CT molecular complexity index is 1200. The van der Waals surface area contributed by atoms with Crippen molar-refractivity contribution in [2.45, 2.75) is 4.34 Å². The van der Waals surface area contributed by atoms with Crippen molar-refractivity contribution in [3.05, 3.63) is 52.0 Å². The molecule has 0 aliphatic carbocycles. The zero-order chi connectivity index (χ0) is 21.9. The highest BCUT2D eigenvalue weighted by Gasteiger charge is 2.23. The van der Waals surface area contributed by atoms with Gasteiger partial charge in [-0.2, -0.15) is 8.42 Å². The Morgan fingerprint density at radius 3 is 2.50 bits per heavy atom. The van der Waals surface area contributed by atoms with Crippen molar-refractivity contribution in [3.8, 4) is 11.5 Å². The SMILES string of the molecule is COc1ccc(OC)c(NS(=O)(=O)c2nnc(NC(=O)c3ccc(Cl)cc3Cl)s2)c1. The summed E-state index contributed by atoms with van der Waals surface area (Å²) in [6.45, 7) is 0. The van der Waals surface area contributed by atoms with Crippen molar-refractivity contribution in [2.75, 3.05) is 24.3 Å². The van der Waals surface area contributed by atoms with Gasteiger partial charge in [0.05, 0.1) is 30.5 Å². The van der Waals surface area contributed by atoms with Crippen LogP contribution in [0.1, 0.15) is 10.4 Å². The Kier molecular flexibility index (Phi) is 6.66. The van der Waals surface area contributed by atoms with Gasteiger partial charge in [-0.3, -0.25) is 14.8 Å². The molecule has 2 N–H and O–H groups in total. The number of sulfonamides is 1. The molecule has 1 heterocycles. The van der Waals surface area contributed by atoms with Gasteiger partial charge in [-0.15, -0.1) is 10.2 Å². The Morgan fingerprint density at radius 1 is 1.07 bits per heavy atom. The number of ether oxygens (including phenoxy) is 2. The number of carbonyl (C=O) groups is 1. The van der Waals surface area contributed by atoms with Crippen LogP contribution in [0.25, 0.3) is 0 Å². The van der Waals surface area contributed by atoms with Crippen molar-refractivity contribution >= 4 is 61.3 Å². The predicted molar refractivity (Wildman–Crippen MR) is 115 cm³/mol. The van der Waals surface area contributed by atoms with Gasteiger partial charge in [-0.05, 0) is 30.3 Å². The standard InChI is InChI=1S/C17H14Cl2N4O5S2/c1-27-10-4-6-14(28-2)13(8-10)23-30(25,26)17-22-21-16(29-17)20-15(24)11-5-3-9(18)7-12(11)19/h3-8,23H,1-2H3,(H,20,21,24). The van der Waals surface area contributed by atoms with Crippen molar-refractivity contribution in [2.24, 2.45) is 0 Å². The molecule has 0 saturated heterocycles. The molecular weight excluding hydrogens is 475 g/mol. The quantitative estimate of drug-likeness (QED) is 0.483. The average molecular weight is 489 g/mol. The summed E-state index contributed by atoms with van der Waals surface area (Å²) in [5, 5.41) is 10.3. The number of benzene rings is 2. The fourth-order valence-corrected chi connectivity index (χ4v) is 4.74. The smallest absolute Gasteiger partial charge is 0.291 e. The largest absolute Gasteiger partial charge is 0.497 e. The van der Waals surface area contributed by atoms with Gasteiger partial charge in [0.15, 0.2) is 0 Å². The minimum Gasteiger partial charge on any atom is -0.497 e. The Hall–Kier alpha value is -2.60. The molecule has 30 heavy (non-hydrogen) atoms. The summed E-state index contributed by atoms with van der Waals surface area (Å²) < 4.78 is 37.6. The summed E-state index contributed by atoms with van der Waals surface area (Å²) >= 11 is 12.5. The first kappa shape index (κ1) is 22.1. The molecule has 0 aliphatic heterocycles. The number of nitrogens with zero attached hydrogens (tertiary/aromatic N) is 2. The van der Waals surface area contributed by atoms with E-state index >= 15 is 0 Å². The van der Waals surface area contributed by atoms with Gasteiger partial charge in [0, 0.05) is 11.1 Å². The Balaban J connectivity index is 1.80. The number of anilines is 2.